The monoisotopic (exact) mass is 265 g/mol. The summed E-state index contributed by atoms with van der Waals surface area (Å²) in [6, 6.07) is 7.86. The van der Waals surface area contributed by atoms with Crippen molar-refractivity contribution in [2.45, 2.75) is 6.04 Å². The molecule has 0 bridgehead atoms. The van der Waals surface area contributed by atoms with E-state index < -0.39 is 5.97 Å². The van der Waals surface area contributed by atoms with Gasteiger partial charge in [-0.1, -0.05) is 18.2 Å². The van der Waals surface area contributed by atoms with Crippen molar-refractivity contribution in [3.63, 3.8) is 0 Å². The molecule has 0 aliphatic heterocycles. The molecule has 18 heavy (non-hydrogen) atoms. The fraction of sp³-hybridized carbons (Fsp3) is 0.308. The van der Waals surface area contributed by atoms with Crippen LogP contribution >= 0.6 is 11.3 Å². The van der Waals surface area contributed by atoms with E-state index in [4.69, 9.17) is 10.5 Å². The Bertz CT molecular complexity index is 538. The lowest BCUT2D eigenvalue weighted by atomic mass is 10.1. The first-order valence-corrected chi connectivity index (χ1v) is 6.46. The Morgan fingerprint density at radius 3 is 3.00 bits per heavy atom. The highest BCUT2D eigenvalue weighted by Gasteiger charge is 2.12. The summed E-state index contributed by atoms with van der Waals surface area (Å²) in [7, 11) is 1.33. The molecule has 1 aromatic carbocycles. The van der Waals surface area contributed by atoms with E-state index in [1.807, 2.05) is 23.6 Å². The minimum Gasteiger partial charge on any atom is -0.467 e. The third-order valence-corrected chi connectivity index (χ3v) is 3.64. The number of rotatable bonds is 5. The number of methoxy groups -OCH3 is 1. The van der Waals surface area contributed by atoms with Gasteiger partial charge in [0.05, 0.1) is 19.8 Å². The van der Waals surface area contributed by atoms with Crippen LogP contribution in [0.15, 0.2) is 29.6 Å². The number of thiophene rings is 1. The summed E-state index contributed by atoms with van der Waals surface area (Å²) in [5, 5.41) is 3.19. The van der Waals surface area contributed by atoms with Crippen molar-refractivity contribution in [3.05, 3.63) is 35.2 Å². The number of esters is 1. The zero-order valence-corrected chi connectivity index (χ0v) is 10.9. The summed E-state index contributed by atoms with van der Waals surface area (Å²) in [5.41, 5.74) is 7.12. The van der Waals surface area contributed by atoms with Gasteiger partial charge in [0.2, 0.25) is 0 Å². The van der Waals surface area contributed by atoms with Crippen molar-refractivity contribution in [2.75, 3.05) is 20.3 Å². The van der Waals surface area contributed by atoms with Crippen molar-refractivity contribution < 1.29 is 14.3 Å². The minimum atomic E-state index is -0.391. The van der Waals surface area contributed by atoms with Gasteiger partial charge in [-0.2, -0.15) is 0 Å². The predicted octanol–water partition coefficient (Wildman–Crippen LogP) is 2.09. The smallest absolute Gasteiger partial charge is 0.331 e. The molecule has 0 aliphatic carbocycles. The first-order valence-electron chi connectivity index (χ1n) is 5.58. The van der Waals surface area contributed by atoms with E-state index in [-0.39, 0.29) is 12.6 Å². The van der Waals surface area contributed by atoms with Crippen molar-refractivity contribution in [3.8, 4) is 0 Å². The number of ether oxygens (including phenoxy) is 2. The van der Waals surface area contributed by atoms with Gasteiger partial charge in [0, 0.05) is 4.70 Å². The summed E-state index contributed by atoms with van der Waals surface area (Å²) in [6.07, 6.45) is 0. The maximum Gasteiger partial charge on any atom is 0.331 e. The van der Waals surface area contributed by atoms with Crippen LogP contribution in [-0.4, -0.2) is 26.3 Å². The second-order valence-electron chi connectivity index (χ2n) is 3.88. The average Bonchev–Trinajstić information content (AvgIpc) is 2.82. The van der Waals surface area contributed by atoms with E-state index in [0.717, 1.165) is 10.9 Å². The van der Waals surface area contributed by atoms with Crippen LogP contribution in [0.25, 0.3) is 10.1 Å². The molecule has 0 radical (unpaired) electrons. The lowest BCUT2D eigenvalue weighted by Crippen LogP contribution is -2.20. The van der Waals surface area contributed by atoms with E-state index in [2.05, 4.69) is 10.8 Å². The largest absolute Gasteiger partial charge is 0.467 e. The van der Waals surface area contributed by atoms with Crippen LogP contribution in [0.1, 0.15) is 11.6 Å². The summed E-state index contributed by atoms with van der Waals surface area (Å²) in [5.74, 6) is -0.391. The number of nitrogens with two attached hydrogens (primary N) is 1. The van der Waals surface area contributed by atoms with Crippen molar-refractivity contribution in [1.82, 2.24) is 0 Å². The molecule has 0 saturated heterocycles. The van der Waals surface area contributed by atoms with E-state index >= 15 is 0 Å². The SMILES string of the molecule is COC(=O)COCC(N)c1csc2ccccc12. The number of carbonyl (C=O) groups excluding carboxylic acids is 1. The number of benzene rings is 1. The molecular formula is C13H15NO3S. The van der Waals surface area contributed by atoms with E-state index in [1.54, 1.807) is 11.3 Å². The highest BCUT2D eigenvalue weighted by Crippen LogP contribution is 2.29. The average molecular weight is 265 g/mol. The van der Waals surface area contributed by atoms with Crippen LogP contribution < -0.4 is 5.73 Å². The fourth-order valence-electron chi connectivity index (χ4n) is 1.70. The van der Waals surface area contributed by atoms with Crippen molar-refractivity contribution >= 4 is 27.4 Å². The molecule has 1 heterocycles. The molecule has 0 aliphatic rings. The third kappa shape index (κ3) is 2.87. The third-order valence-electron chi connectivity index (χ3n) is 2.66. The second-order valence-corrected chi connectivity index (χ2v) is 4.80. The van der Waals surface area contributed by atoms with Crippen LogP contribution in [0.3, 0.4) is 0 Å². The molecule has 2 N–H and O–H groups in total. The van der Waals surface area contributed by atoms with Gasteiger partial charge < -0.3 is 15.2 Å². The molecule has 1 atom stereocenters. The number of hydrogen-bond acceptors (Lipinski definition) is 5. The lowest BCUT2D eigenvalue weighted by Gasteiger charge is -2.11. The van der Waals surface area contributed by atoms with E-state index in [9.17, 15) is 4.79 Å². The molecule has 2 rings (SSSR count). The lowest BCUT2D eigenvalue weighted by molar-refractivity contribution is -0.146. The molecule has 1 unspecified atom stereocenters. The first-order chi connectivity index (χ1) is 8.72. The van der Waals surface area contributed by atoms with Gasteiger partial charge in [-0.05, 0) is 22.4 Å². The summed E-state index contributed by atoms with van der Waals surface area (Å²) >= 11 is 1.66. The fourth-order valence-corrected chi connectivity index (χ4v) is 2.73. The number of carbonyl (C=O) groups is 1. The Morgan fingerprint density at radius 2 is 2.22 bits per heavy atom. The Balaban J connectivity index is 2.00. The first kappa shape index (κ1) is 13.0. The molecule has 4 nitrogen and oxygen atoms in total. The van der Waals surface area contributed by atoms with Crippen LogP contribution in [-0.2, 0) is 14.3 Å². The van der Waals surface area contributed by atoms with Crippen LogP contribution in [0, 0.1) is 0 Å². The predicted molar refractivity (Wildman–Crippen MR) is 71.6 cm³/mol. The Kier molecular flexibility index (Phi) is 4.30. The van der Waals surface area contributed by atoms with Gasteiger partial charge in [-0.25, -0.2) is 4.79 Å². The normalized spacial score (nSPS) is 12.6. The van der Waals surface area contributed by atoms with Gasteiger partial charge in [-0.15, -0.1) is 11.3 Å². The quantitative estimate of drug-likeness (QED) is 0.841. The van der Waals surface area contributed by atoms with Gasteiger partial charge in [-0.3, -0.25) is 0 Å². The topological polar surface area (TPSA) is 61.5 Å². The second kappa shape index (κ2) is 5.95. The van der Waals surface area contributed by atoms with Gasteiger partial charge >= 0.3 is 5.97 Å². The van der Waals surface area contributed by atoms with E-state index in [1.165, 1.54) is 11.8 Å². The van der Waals surface area contributed by atoms with Crippen LogP contribution in [0.4, 0.5) is 0 Å². The van der Waals surface area contributed by atoms with Gasteiger partial charge in [0.25, 0.3) is 0 Å². The molecular weight excluding hydrogens is 250 g/mol. The standard InChI is InChI=1S/C13H15NO3S/c1-16-13(15)7-17-6-11(14)10-8-18-12-5-3-2-4-9(10)12/h2-5,8,11H,6-7,14H2,1H3. The molecule has 96 valence electrons. The van der Waals surface area contributed by atoms with Crippen LogP contribution in [0.5, 0.6) is 0 Å². The summed E-state index contributed by atoms with van der Waals surface area (Å²) in [4.78, 5) is 10.9. The molecule has 0 fully saturated rings. The molecule has 5 heteroatoms. The summed E-state index contributed by atoms with van der Waals surface area (Å²) < 4.78 is 10.9. The number of fused-ring (bicyclic) bond motifs is 1. The maximum absolute atomic E-state index is 10.9. The van der Waals surface area contributed by atoms with Crippen molar-refractivity contribution in [1.29, 1.82) is 0 Å². The maximum atomic E-state index is 10.9. The molecule has 2 aromatic rings. The number of hydrogen-bond donors (Lipinski definition) is 1. The highest BCUT2D eigenvalue weighted by molar-refractivity contribution is 7.17. The van der Waals surface area contributed by atoms with Gasteiger partial charge in [0.15, 0.2) is 0 Å². The molecule has 1 aromatic heterocycles. The molecule has 0 saturated carbocycles. The molecule has 0 amide bonds. The Morgan fingerprint density at radius 1 is 1.44 bits per heavy atom. The minimum absolute atomic E-state index is 0.0632. The zero-order chi connectivity index (χ0) is 13.0. The highest BCUT2D eigenvalue weighted by atomic mass is 32.1. The Hall–Kier alpha value is -1.43. The van der Waals surface area contributed by atoms with Crippen LogP contribution in [0.2, 0.25) is 0 Å². The Labute approximate surface area is 109 Å². The summed E-state index contributed by atoms with van der Waals surface area (Å²) in [6.45, 7) is 0.238. The van der Waals surface area contributed by atoms with E-state index in [0.29, 0.717) is 6.61 Å². The van der Waals surface area contributed by atoms with Gasteiger partial charge in [0.1, 0.15) is 6.61 Å². The zero-order valence-electron chi connectivity index (χ0n) is 10.1. The van der Waals surface area contributed by atoms with Crippen molar-refractivity contribution in [2.24, 2.45) is 5.73 Å². The molecule has 0 spiro atoms.